The third kappa shape index (κ3) is 5.23. The van der Waals surface area contributed by atoms with Gasteiger partial charge in [-0.15, -0.1) is 0 Å². The zero-order valence-corrected chi connectivity index (χ0v) is 13.6. The minimum atomic E-state index is -0.374. The number of guanidine groups is 1. The molecule has 126 valence electrons. The zero-order valence-electron chi connectivity index (χ0n) is 13.6. The molecule has 1 aliphatic rings. The Morgan fingerprint density at radius 3 is 2.65 bits per heavy atom. The second kappa shape index (κ2) is 8.50. The lowest BCUT2D eigenvalue weighted by atomic mass is 10.1. The van der Waals surface area contributed by atoms with Gasteiger partial charge in [0.2, 0.25) is 0 Å². The maximum absolute atomic E-state index is 13.4. The van der Waals surface area contributed by atoms with Crippen LogP contribution in [0.25, 0.3) is 0 Å². The lowest BCUT2D eigenvalue weighted by Gasteiger charge is -2.21. The molecule has 1 aliphatic heterocycles. The number of rotatable bonds is 4. The molecule has 1 heterocycles. The monoisotopic (exact) mass is 320 g/mol. The van der Waals surface area contributed by atoms with Crippen LogP contribution >= 0.6 is 0 Å². The van der Waals surface area contributed by atoms with E-state index >= 15 is 0 Å². The van der Waals surface area contributed by atoms with Gasteiger partial charge in [-0.25, -0.2) is 4.39 Å². The summed E-state index contributed by atoms with van der Waals surface area (Å²) < 4.78 is 13.4. The van der Waals surface area contributed by atoms with Gasteiger partial charge in [-0.1, -0.05) is 18.9 Å². The first-order valence-corrected chi connectivity index (χ1v) is 8.17. The number of aryl methyl sites for hydroxylation is 1. The number of hydrogen-bond acceptors (Lipinski definition) is 2. The lowest BCUT2D eigenvalue weighted by Crippen LogP contribution is -2.38. The molecule has 2 rings (SSSR count). The fraction of sp³-hybridized carbons (Fsp3) is 0.529. The van der Waals surface area contributed by atoms with Gasteiger partial charge in [-0.3, -0.25) is 9.79 Å². The summed E-state index contributed by atoms with van der Waals surface area (Å²) >= 11 is 0. The highest BCUT2D eigenvalue weighted by atomic mass is 19.1. The standard InChI is InChI=1S/C17H25FN4O/c1-13-6-7-14(12-15(13)18)16(23)20-8-9-21-17(19)22-10-4-2-3-5-11-22/h6-7,12H,2-5,8-11H2,1H3,(H2,19,21)(H,20,23). The van der Waals surface area contributed by atoms with Crippen LogP contribution in [0.5, 0.6) is 0 Å². The van der Waals surface area contributed by atoms with E-state index in [1.54, 1.807) is 19.1 Å². The molecule has 6 heteroatoms. The van der Waals surface area contributed by atoms with E-state index in [0.29, 0.717) is 30.2 Å². The summed E-state index contributed by atoms with van der Waals surface area (Å²) in [5.74, 6) is -0.129. The molecule has 0 aromatic heterocycles. The zero-order chi connectivity index (χ0) is 16.7. The van der Waals surface area contributed by atoms with Gasteiger partial charge in [0.15, 0.2) is 5.96 Å². The Kier molecular flexibility index (Phi) is 6.38. The van der Waals surface area contributed by atoms with E-state index < -0.39 is 0 Å². The minimum absolute atomic E-state index is 0.299. The molecule has 1 aromatic rings. The van der Waals surface area contributed by atoms with Gasteiger partial charge in [-0.2, -0.15) is 0 Å². The average Bonchev–Trinajstić information content (AvgIpc) is 2.83. The highest BCUT2D eigenvalue weighted by Crippen LogP contribution is 2.10. The average molecular weight is 320 g/mol. The maximum atomic E-state index is 13.4. The van der Waals surface area contributed by atoms with Crippen molar-refractivity contribution in [2.24, 2.45) is 10.7 Å². The molecule has 0 atom stereocenters. The van der Waals surface area contributed by atoms with Crippen molar-refractivity contribution < 1.29 is 9.18 Å². The van der Waals surface area contributed by atoms with Gasteiger partial charge < -0.3 is 16.0 Å². The number of halogens is 1. The van der Waals surface area contributed by atoms with Crippen LogP contribution in [-0.4, -0.2) is 42.9 Å². The van der Waals surface area contributed by atoms with Crippen molar-refractivity contribution in [2.45, 2.75) is 32.6 Å². The molecule has 1 fully saturated rings. The Balaban J connectivity index is 1.78. The van der Waals surface area contributed by atoms with Gasteiger partial charge in [0.05, 0.1) is 6.54 Å². The number of nitrogens with two attached hydrogens (primary N) is 1. The highest BCUT2D eigenvalue weighted by Gasteiger charge is 2.11. The molecular weight excluding hydrogens is 295 g/mol. The van der Waals surface area contributed by atoms with Gasteiger partial charge in [-0.05, 0) is 37.5 Å². The largest absolute Gasteiger partial charge is 0.370 e. The predicted octanol–water partition coefficient (Wildman–Crippen LogP) is 2.05. The fourth-order valence-electron chi connectivity index (χ4n) is 2.58. The van der Waals surface area contributed by atoms with Gasteiger partial charge in [0, 0.05) is 25.2 Å². The van der Waals surface area contributed by atoms with Gasteiger partial charge in [0.1, 0.15) is 5.82 Å². The molecule has 0 saturated carbocycles. The summed E-state index contributed by atoms with van der Waals surface area (Å²) in [7, 11) is 0. The SMILES string of the molecule is Cc1ccc(C(=O)NCCN=C(N)N2CCCCCC2)cc1F. The van der Waals surface area contributed by atoms with Gasteiger partial charge >= 0.3 is 0 Å². The predicted molar refractivity (Wildman–Crippen MR) is 90.0 cm³/mol. The van der Waals surface area contributed by atoms with Crippen molar-refractivity contribution >= 4 is 11.9 Å². The molecule has 0 spiro atoms. The van der Waals surface area contributed by atoms with E-state index in [1.165, 1.54) is 18.9 Å². The number of nitrogens with zero attached hydrogens (tertiary/aromatic N) is 2. The Hall–Kier alpha value is -2.11. The molecule has 0 radical (unpaired) electrons. The number of aliphatic imine (C=N–C) groups is 1. The van der Waals surface area contributed by atoms with Crippen LogP contribution in [0.1, 0.15) is 41.6 Å². The molecule has 0 unspecified atom stereocenters. The molecule has 1 saturated heterocycles. The summed E-state index contributed by atoms with van der Waals surface area (Å²) in [5.41, 5.74) is 6.84. The third-order valence-corrected chi connectivity index (χ3v) is 4.04. The number of carbonyl (C=O) groups is 1. The van der Waals surface area contributed by atoms with E-state index in [-0.39, 0.29) is 11.7 Å². The molecule has 5 nitrogen and oxygen atoms in total. The first-order chi connectivity index (χ1) is 11.1. The Morgan fingerprint density at radius 2 is 2.00 bits per heavy atom. The second-order valence-corrected chi connectivity index (χ2v) is 5.86. The quantitative estimate of drug-likeness (QED) is 0.507. The van der Waals surface area contributed by atoms with E-state index in [2.05, 4.69) is 15.2 Å². The summed E-state index contributed by atoms with van der Waals surface area (Å²) in [6.45, 7) is 4.36. The van der Waals surface area contributed by atoms with E-state index in [4.69, 9.17) is 5.73 Å². The molecule has 23 heavy (non-hydrogen) atoms. The minimum Gasteiger partial charge on any atom is -0.370 e. The van der Waals surface area contributed by atoms with Crippen LogP contribution in [0.4, 0.5) is 4.39 Å². The van der Waals surface area contributed by atoms with Crippen LogP contribution < -0.4 is 11.1 Å². The molecule has 0 aliphatic carbocycles. The summed E-state index contributed by atoms with van der Waals surface area (Å²) in [4.78, 5) is 18.4. The fourth-order valence-corrected chi connectivity index (χ4v) is 2.58. The number of benzene rings is 1. The third-order valence-electron chi connectivity index (χ3n) is 4.04. The smallest absolute Gasteiger partial charge is 0.251 e. The number of nitrogens with one attached hydrogen (secondary N) is 1. The molecule has 0 bridgehead atoms. The van der Waals surface area contributed by atoms with Crippen molar-refractivity contribution in [1.82, 2.24) is 10.2 Å². The number of likely N-dealkylation sites (tertiary alicyclic amines) is 1. The van der Waals surface area contributed by atoms with Crippen molar-refractivity contribution in [2.75, 3.05) is 26.2 Å². The number of hydrogen-bond donors (Lipinski definition) is 2. The Labute approximate surface area is 136 Å². The Bertz CT molecular complexity index is 566. The van der Waals surface area contributed by atoms with Crippen molar-refractivity contribution in [1.29, 1.82) is 0 Å². The van der Waals surface area contributed by atoms with Crippen LogP contribution in [0.3, 0.4) is 0 Å². The number of amides is 1. The molecule has 1 amide bonds. The van der Waals surface area contributed by atoms with E-state index in [9.17, 15) is 9.18 Å². The van der Waals surface area contributed by atoms with Crippen molar-refractivity contribution in [3.05, 3.63) is 35.1 Å². The molecule has 1 aromatic carbocycles. The van der Waals surface area contributed by atoms with E-state index in [1.807, 2.05) is 0 Å². The molecular formula is C17H25FN4O. The first kappa shape index (κ1) is 17.2. The van der Waals surface area contributed by atoms with Crippen molar-refractivity contribution in [3.8, 4) is 0 Å². The molecule has 3 N–H and O–H groups in total. The van der Waals surface area contributed by atoms with Crippen LogP contribution in [0.15, 0.2) is 23.2 Å². The summed E-state index contributed by atoms with van der Waals surface area (Å²) in [6, 6.07) is 4.46. The topological polar surface area (TPSA) is 70.7 Å². The highest BCUT2D eigenvalue weighted by molar-refractivity contribution is 5.94. The Morgan fingerprint density at radius 1 is 1.30 bits per heavy atom. The summed E-state index contributed by atoms with van der Waals surface area (Å²) in [5, 5.41) is 2.73. The van der Waals surface area contributed by atoms with Crippen LogP contribution in [0.2, 0.25) is 0 Å². The van der Waals surface area contributed by atoms with Crippen molar-refractivity contribution in [3.63, 3.8) is 0 Å². The first-order valence-electron chi connectivity index (χ1n) is 8.17. The number of carbonyl (C=O) groups excluding carboxylic acids is 1. The van der Waals surface area contributed by atoms with E-state index in [0.717, 1.165) is 25.9 Å². The van der Waals surface area contributed by atoms with Gasteiger partial charge in [0.25, 0.3) is 5.91 Å². The summed E-state index contributed by atoms with van der Waals surface area (Å²) in [6.07, 6.45) is 4.78. The maximum Gasteiger partial charge on any atom is 0.251 e. The lowest BCUT2D eigenvalue weighted by molar-refractivity contribution is 0.0954. The van der Waals surface area contributed by atoms with Crippen LogP contribution in [-0.2, 0) is 0 Å². The normalized spacial score (nSPS) is 16.1. The van der Waals surface area contributed by atoms with Crippen LogP contribution in [0, 0.1) is 12.7 Å². The second-order valence-electron chi connectivity index (χ2n) is 5.86.